The van der Waals surface area contributed by atoms with Crippen molar-refractivity contribution in [1.29, 1.82) is 5.26 Å². The third-order valence-corrected chi connectivity index (χ3v) is 5.91. The molecule has 3 aromatic rings. The molecule has 0 fully saturated rings. The summed E-state index contributed by atoms with van der Waals surface area (Å²) in [6.07, 6.45) is 1.85. The van der Waals surface area contributed by atoms with Crippen molar-refractivity contribution in [2.75, 3.05) is 18.2 Å². The van der Waals surface area contributed by atoms with Crippen molar-refractivity contribution in [3.8, 4) is 6.07 Å². The van der Waals surface area contributed by atoms with Gasteiger partial charge in [-0.15, -0.1) is 11.8 Å². The highest BCUT2D eigenvalue weighted by Crippen LogP contribution is 2.27. The second-order valence-corrected chi connectivity index (χ2v) is 7.93. The van der Waals surface area contributed by atoms with E-state index in [4.69, 9.17) is 4.74 Å². The number of anilines is 1. The first-order chi connectivity index (χ1) is 15.3. The highest BCUT2D eigenvalue weighted by molar-refractivity contribution is 7.98. The van der Waals surface area contributed by atoms with Gasteiger partial charge in [-0.05, 0) is 55.5 Å². The summed E-state index contributed by atoms with van der Waals surface area (Å²) in [4.78, 5) is 25.7. The van der Waals surface area contributed by atoms with E-state index in [9.17, 15) is 19.2 Å². The quantitative estimate of drug-likeness (QED) is 0.416. The highest BCUT2D eigenvalue weighted by atomic mass is 32.2. The summed E-state index contributed by atoms with van der Waals surface area (Å²) < 4.78 is 20.2. The maximum Gasteiger partial charge on any atom is 0.339 e. The molecule has 0 aliphatic carbocycles. The first-order valence-corrected chi connectivity index (χ1v) is 11.0. The summed E-state index contributed by atoms with van der Waals surface area (Å²) in [5, 5.41) is 12.3. The third-order valence-electron chi connectivity index (χ3n) is 5.11. The second-order valence-electron chi connectivity index (χ2n) is 7.08. The van der Waals surface area contributed by atoms with Crippen molar-refractivity contribution in [1.82, 2.24) is 4.57 Å². The largest absolute Gasteiger partial charge is 0.452 e. The number of nitriles is 1. The highest BCUT2D eigenvalue weighted by Gasteiger charge is 2.21. The van der Waals surface area contributed by atoms with Crippen LogP contribution in [0, 0.1) is 31.0 Å². The van der Waals surface area contributed by atoms with Gasteiger partial charge < -0.3 is 14.6 Å². The van der Waals surface area contributed by atoms with Crippen LogP contribution in [0.5, 0.6) is 0 Å². The minimum absolute atomic E-state index is 0.317. The number of aromatic nitrogens is 1. The van der Waals surface area contributed by atoms with Crippen molar-refractivity contribution in [2.45, 2.75) is 25.3 Å². The summed E-state index contributed by atoms with van der Waals surface area (Å²) in [6, 6.07) is 15.1. The van der Waals surface area contributed by atoms with Gasteiger partial charge in [0.1, 0.15) is 17.7 Å². The van der Waals surface area contributed by atoms with Crippen molar-refractivity contribution in [3.05, 3.63) is 82.3 Å². The minimum Gasteiger partial charge on any atom is -0.452 e. The summed E-state index contributed by atoms with van der Waals surface area (Å²) in [5.74, 6) is -1.18. The summed E-state index contributed by atoms with van der Waals surface area (Å²) in [6.45, 7) is 3.48. The zero-order valence-corrected chi connectivity index (χ0v) is 18.8. The van der Waals surface area contributed by atoms with Gasteiger partial charge in [-0.2, -0.15) is 5.26 Å². The van der Waals surface area contributed by atoms with Crippen molar-refractivity contribution in [2.24, 2.45) is 0 Å². The van der Waals surface area contributed by atoms with E-state index in [1.165, 1.54) is 23.9 Å². The van der Waals surface area contributed by atoms with Crippen molar-refractivity contribution >= 4 is 29.5 Å². The van der Waals surface area contributed by atoms with Gasteiger partial charge in [-0.25, -0.2) is 9.18 Å². The molecule has 3 rings (SSSR count). The van der Waals surface area contributed by atoms with Crippen LogP contribution in [0.15, 0.2) is 53.4 Å². The Morgan fingerprint density at radius 3 is 2.50 bits per heavy atom. The average molecular weight is 452 g/mol. The molecule has 0 spiro atoms. The lowest BCUT2D eigenvalue weighted by Gasteiger charge is -2.14. The molecule has 8 heteroatoms. The lowest BCUT2D eigenvalue weighted by Crippen LogP contribution is -2.23. The maximum absolute atomic E-state index is 13.2. The molecule has 0 saturated heterocycles. The Balaban J connectivity index is 1.78. The van der Waals surface area contributed by atoms with Crippen LogP contribution in [0.2, 0.25) is 0 Å². The minimum atomic E-state index is -0.598. The van der Waals surface area contributed by atoms with E-state index >= 15 is 0 Å². The molecule has 0 unspecified atom stereocenters. The maximum atomic E-state index is 13.2. The number of nitrogens with one attached hydrogen (secondary N) is 1. The summed E-state index contributed by atoms with van der Waals surface area (Å²) in [7, 11) is 0. The number of thioether (sulfide) groups is 1. The molecule has 1 amide bonds. The third kappa shape index (κ3) is 5.01. The standard InChI is InChI=1S/C24H22FN3O3S/c1-15-16(2)28(13-17-8-10-18(25)11-9-17)23(20(15)12-26)27-22(29)14-31-24(30)19-6-4-5-7-21(19)32-3/h4-11H,13-14H2,1-3H3,(H,27,29). The predicted molar refractivity (Wildman–Crippen MR) is 121 cm³/mol. The van der Waals surface area contributed by atoms with E-state index in [-0.39, 0.29) is 5.82 Å². The fraction of sp³-hybridized carbons (Fsp3) is 0.208. The van der Waals surface area contributed by atoms with Gasteiger partial charge in [0.25, 0.3) is 5.91 Å². The monoisotopic (exact) mass is 451 g/mol. The van der Waals surface area contributed by atoms with Crippen LogP contribution >= 0.6 is 11.8 Å². The predicted octanol–water partition coefficient (Wildman–Crippen LogP) is 4.68. The van der Waals surface area contributed by atoms with E-state index in [2.05, 4.69) is 11.4 Å². The van der Waals surface area contributed by atoms with Crippen LogP contribution in [0.3, 0.4) is 0 Å². The summed E-state index contributed by atoms with van der Waals surface area (Å²) >= 11 is 1.41. The van der Waals surface area contributed by atoms with Crippen LogP contribution in [0.1, 0.15) is 32.7 Å². The number of hydrogen-bond acceptors (Lipinski definition) is 5. The van der Waals surface area contributed by atoms with Crippen LogP contribution in [-0.2, 0) is 16.1 Å². The number of hydrogen-bond donors (Lipinski definition) is 1. The number of amides is 1. The number of halogens is 1. The Kier molecular flexibility index (Phi) is 7.33. The van der Waals surface area contributed by atoms with Gasteiger partial charge in [0.05, 0.1) is 11.1 Å². The van der Waals surface area contributed by atoms with Crippen LogP contribution in [0.25, 0.3) is 0 Å². The zero-order valence-electron chi connectivity index (χ0n) is 17.9. The molecule has 0 aliphatic heterocycles. The first-order valence-electron chi connectivity index (χ1n) is 9.80. The van der Waals surface area contributed by atoms with Crippen LogP contribution in [-0.4, -0.2) is 29.3 Å². The summed E-state index contributed by atoms with van der Waals surface area (Å²) in [5.41, 5.74) is 3.06. The van der Waals surface area contributed by atoms with Gasteiger partial charge >= 0.3 is 5.97 Å². The topological polar surface area (TPSA) is 84.1 Å². The number of carbonyl (C=O) groups is 2. The lowest BCUT2D eigenvalue weighted by atomic mass is 10.2. The van der Waals surface area contributed by atoms with Crippen molar-refractivity contribution in [3.63, 3.8) is 0 Å². The molecular weight excluding hydrogens is 429 g/mol. The smallest absolute Gasteiger partial charge is 0.339 e. The van der Waals surface area contributed by atoms with Gasteiger partial charge in [0.2, 0.25) is 0 Å². The molecule has 0 bridgehead atoms. The van der Waals surface area contributed by atoms with E-state index in [1.807, 2.05) is 19.2 Å². The molecule has 0 aliphatic rings. The molecule has 32 heavy (non-hydrogen) atoms. The van der Waals surface area contributed by atoms with Crippen LogP contribution in [0.4, 0.5) is 10.2 Å². The Bertz CT molecular complexity index is 1200. The Morgan fingerprint density at radius 1 is 1.16 bits per heavy atom. The number of benzene rings is 2. The van der Waals surface area contributed by atoms with Gasteiger partial charge in [0.15, 0.2) is 6.61 Å². The SMILES string of the molecule is CSc1ccccc1C(=O)OCC(=O)Nc1c(C#N)c(C)c(C)n1Cc1ccc(F)cc1. The molecule has 164 valence electrons. The van der Waals surface area contributed by atoms with Gasteiger partial charge in [0, 0.05) is 17.1 Å². The van der Waals surface area contributed by atoms with Crippen LogP contribution < -0.4 is 5.32 Å². The molecule has 1 aromatic heterocycles. The number of ether oxygens (including phenoxy) is 1. The zero-order chi connectivity index (χ0) is 23.3. The van der Waals surface area contributed by atoms with E-state index in [0.29, 0.717) is 23.5 Å². The number of esters is 1. The first kappa shape index (κ1) is 23.1. The van der Waals surface area contributed by atoms with E-state index in [1.54, 1.807) is 41.8 Å². The second kappa shape index (κ2) is 10.2. The number of rotatable bonds is 7. The Morgan fingerprint density at radius 2 is 1.84 bits per heavy atom. The Hall–Kier alpha value is -3.57. The molecule has 2 aromatic carbocycles. The van der Waals surface area contributed by atoms with E-state index < -0.39 is 18.5 Å². The Labute approximate surface area is 190 Å². The van der Waals surface area contributed by atoms with E-state index in [0.717, 1.165) is 21.7 Å². The fourth-order valence-electron chi connectivity index (χ4n) is 3.29. The van der Waals surface area contributed by atoms with Gasteiger partial charge in [-0.3, -0.25) is 4.79 Å². The van der Waals surface area contributed by atoms with Gasteiger partial charge in [-0.1, -0.05) is 24.3 Å². The molecule has 0 saturated carbocycles. The molecule has 0 atom stereocenters. The molecular formula is C24H22FN3O3S. The normalized spacial score (nSPS) is 10.5. The fourth-order valence-corrected chi connectivity index (χ4v) is 3.88. The number of nitrogens with zero attached hydrogens (tertiary/aromatic N) is 2. The average Bonchev–Trinajstić information content (AvgIpc) is 3.02. The molecule has 0 radical (unpaired) electrons. The number of carbonyl (C=O) groups excluding carboxylic acids is 2. The molecule has 1 heterocycles. The lowest BCUT2D eigenvalue weighted by molar-refractivity contribution is -0.119. The van der Waals surface area contributed by atoms with Crippen molar-refractivity contribution < 1.29 is 18.7 Å². The molecule has 1 N–H and O–H groups in total. The molecule has 6 nitrogen and oxygen atoms in total.